The average molecular weight is 321 g/mol. The van der Waals surface area contributed by atoms with Gasteiger partial charge < -0.3 is 19.5 Å². The van der Waals surface area contributed by atoms with E-state index in [4.69, 9.17) is 9.47 Å². The van der Waals surface area contributed by atoms with E-state index < -0.39 is 11.4 Å². The molecule has 23 heavy (non-hydrogen) atoms. The van der Waals surface area contributed by atoms with Crippen LogP contribution in [-0.2, 0) is 14.3 Å². The van der Waals surface area contributed by atoms with Crippen molar-refractivity contribution >= 4 is 11.9 Å². The molecule has 1 amide bonds. The van der Waals surface area contributed by atoms with Crippen molar-refractivity contribution in [2.45, 2.75) is 20.3 Å². The van der Waals surface area contributed by atoms with E-state index in [-0.39, 0.29) is 25.7 Å². The molecule has 0 aliphatic carbocycles. The molecule has 1 N–H and O–H groups in total. The number of carboxylic acids is 1. The zero-order valence-electron chi connectivity index (χ0n) is 13.8. The first-order chi connectivity index (χ1) is 10.9. The molecule has 1 aromatic rings. The van der Waals surface area contributed by atoms with Gasteiger partial charge in [0.25, 0.3) is 5.91 Å². The van der Waals surface area contributed by atoms with Gasteiger partial charge in [-0.3, -0.25) is 9.59 Å². The molecule has 126 valence electrons. The van der Waals surface area contributed by atoms with Gasteiger partial charge in [-0.25, -0.2) is 0 Å². The van der Waals surface area contributed by atoms with Crippen LogP contribution in [0.15, 0.2) is 18.2 Å². The third-order valence-electron chi connectivity index (χ3n) is 4.26. The van der Waals surface area contributed by atoms with Crippen LogP contribution in [0.2, 0.25) is 0 Å². The molecule has 1 saturated heterocycles. The number of likely N-dealkylation sites (tertiary alicyclic amines) is 1. The highest BCUT2D eigenvalue weighted by Gasteiger charge is 2.46. The highest BCUT2D eigenvalue weighted by Crippen LogP contribution is 2.31. The summed E-state index contributed by atoms with van der Waals surface area (Å²) < 4.78 is 10.6. The van der Waals surface area contributed by atoms with E-state index in [1.807, 2.05) is 32.0 Å². The molecule has 6 nitrogen and oxygen atoms in total. The quantitative estimate of drug-likeness (QED) is 0.862. The predicted molar refractivity (Wildman–Crippen MR) is 84.6 cm³/mol. The summed E-state index contributed by atoms with van der Waals surface area (Å²) in [5.74, 6) is -0.460. The summed E-state index contributed by atoms with van der Waals surface area (Å²) in [7, 11) is 1.47. The van der Waals surface area contributed by atoms with Crippen LogP contribution < -0.4 is 4.74 Å². The second-order valence-corrected chi connectivity index (χ2v) is 6.14. The van der Waals surface area contributed by atoms with Crippen molar-refractivity contribution in [1.29, 1.82) is 0 Å². The van der Waals surface area contributed by atoms with Gasteiger partial charge >= 0.3 is 5.97 Å². The minimum Gasteiger partial charge on any atom is -0.484 e. The molecule has 1 aliphatic heterocycles. The Morgan fingerprint density at radius 2 is 2.09 bits per heavy atom. The van der Waals surface area contributed by atoms with Gasteiger partial charge in [-0.15, -0.1) is 0 Å². The van der Waals surface area contributed by atoms with Gasteiger partial charge in [-0.2, -0.15) is 0 Å². The predicted octanol–water partition coefficient (Wildman–Crippen LogP) is 1.63. The summed E-state index contributed by atoms with van der Waals surface area (Å²) in [6, 6.07) is 5.76. The van der Waals surface area contributed by atoms with Crippen LogP contribution in [0, 0.1) is 19.3 Å². The molecule has 1 aromatic carbocycles. The van der Waals surface area contributed by atoms with Crippen molar-refractivity contribution in [2.24, 2.45) is 5.41 Å². The number of aliphatic carboxylic acids is 1. The molecule has 0 bridgehead atoms. The molecule has 0 radical (unpaired) electrons. The smallest absolute Gasteiger partial charge is 0.313 e. The number of aryl methyl sites for hydroxylation is 2. The first kappa shape index (κ1) is 17.3. The topological polar surface area (TPSA) is 76.1 Å². The molecule has 1 atom stereocenters. The van der Waals surface area contributed by atoms with Crippen molar-refractivity contribution in [3.05, 3.63) is 29.3 Å². The van der Waals surface area contributed by atoms with Gasteiger partial charge in [-0.05, 0) is 31.9 Å². The Kier molecular flexibility index (Phi) is 5.26. The lowest BCUT2D eigenvalue weighted by molar-refractivity contribution is -0.151. The maximum Gasteiger partial charge on any atom is 0.313 e. The fourth-order valence-corrected chi connectivity index (χ4v) is 2.91. The average Bonchev–Trinajstić information content (AvgIpc) is 2.92. The first-order valence-electron chi connectivity index (χ1n) is 7.58. The minimum absolute atomic E-state index is 0.0907. The Hall–Kier alpha value is -2.08. The number of carbonyl (C=O) groups is 2. The summed E-state index contributed by atoms with van der Waals surface area (Å²) >= 11 is 0. The Bertz CT molecular complexity index is 601. The van der Waals surface area contributed by atoms with Gasteiger partial charge in [0.1, 0.15) is 11.2 Å². The van der Waals surface area contributed by atoms with E-state index in [9.17, 15) is 14.7 Å². The van der Waals surface area contributed by atoms with E-state index in [0.29, 0.717) is 18.7 Å². The SMILES string of the molecule is COCC1(C(=O)O)CCN(C(=O)COc2ccc(C)cc2C)C1. The van der Waals surface area contributed by atoms with Gasteiger partial charge in [0.05, 0.1) is 6.61 Å². The van der Waals surface area contributed by atoms with Crippen LogP contribution in [0.1, 0.15) is 17.5 Å². The third kappa shape index (κ3) is 3.82. The molecule has 0 aromatic heterocycles. The van der Waals surface area contributed by atoms with Crippen LogP contribution in [-0.4, -0.2) is 55.3 Å². The first-order valence-corrected chi connectivity index (χ1v) is 7.58. The second kappa shape index (κ2) is 7.00. The maximum atomic E-state index is 12.3. The van der Waals surface area contributed by atoms with Crippen molar-refractivity contribution in [1.82, 2.24) is 4.90 Å². The number of hydrogen-bond acceptors (Lipinski definition) is 4. The number of rotatable bonds is 6. The molecule has 1 heterocycles. The van der Waals surface area contributed by atoms with E-state index in [1.165, 1.54) is 12.0 Å². The molecule has 0 saturated carbocycles. The van der Waals surface area contributed by atoms with Crippen molar-refractivity contribution < 1.29 is 24.2 Å². The molecular weight excluding hydrogens is 298 g/mol. The van der Waals surface area contributed by atoms with Crippen LogP contribution in [0.25, 0.3) is 0 Å². The van der Waals surface area contributed by atoms with E-state index in [2.05, 4.69) is 0 Å². The maximum absolute atomic E-state index is 12.3. The number of methoxy groups -OCH3 is 1. The van der Waals surface area contributed by atoms with Gasteiger partial charge in [0.2, 0.25) is 0 Å². The minimum atomic E-state index is -1.01. The fourth-order valence-electron chi connectivity index (χ4n) is 2.91. The fraction of sp³-hybridized carbons (Fsp3) is 0.529. The zero-order valence-corrected chi connectivity index (χ0v) is 13.8. The van der Waals surface area contributed by atoms with Crippen LogP contribution in [0.5, 0.6) is 5.75 Å². The Morgan fingerprint density at radius 3 is 2.70 bits per heavy atom. The Morgan fingerprint density at radius 1 is 1.35 bits per heavy atom. The number of amides is 1. The summed E-state index contributed by atoms with van der Waals surface area (Å²) in [5.41, 5.74) is 1.09. The zero-order chi connectivity index (χ0) is 17.0. The summed E-state index contributed by atoms with van der Waals surface area (Å²) in [6.45, 7) is 4.50. The molecule has 1 fully saturated rings. The lowest BCUT2D eigenvalue weighted by Crippen LogP contribution is -2.41. The number of benzene rings is 1. The second-order valence-electron chi connectivity index (χ2n) is 6.14. The Labute approximate surface area is 136 Å². The normalized spacial score (nSPS) is 20.6. The highest BCUT2D eigenvalue weighted by atomic mass is 16.5. The summed E-state index contributed by atoms with van der Waals surface area (Å²) in [6.07, 6.45) is 0.394. The monoisotopic (exact) mass is 321 g/mol. The van der Waals surface area contributed by atoms with Crippen molar-refractivity contribution in [2.75, 3.05) is 33.4 Å². The standard InChI is InChI=1S/C17H23NO5/c1-12-4-5-14(13(2)8-12)23-9-15(19)18-7-6-17(10-18,11-22-3)16(20)21/h4-5,8H,6-7,9-11H2,1-3H3,(H,20,21). The number of carboxylic acid groups (broad SMARTS) is 1. The third-order valence-corrected chi connectivity index (χ3v) is 4.26. The van der Waals surface area contributed by atoms with Gasteiger partial charge in [0.15, 0.2) is 6.61 Å². The Balaban J connectivity index is 1.95. The number of carbonyl (C=O) groups excluding carboxylic acids is 1. The van der Waals surface area contributed by atoms with Crippen molar-refractivity contribution in [3.63, 3.8) is 0 Å². The highest BCUT2D eigenvalue weighted by molar-refractivity contribution is 5.81. The molecule has 1 unspecified atom stereocenters. The van der Waals surface area contributed by atoms with Crippen molar-refractivity contribution in [3.8, 4) is 5.75 Å². The molecule has 6 heteroatoms. The molecule has 0 spiro atoms. The molecule has 1 aliphatic rings. The number of hydrogen-bond donors (Lipinski definition) is 1. The van der Waals surface area contributed by atoms with Gasteiger partial charge in [-0.1, -0.05) is 17.7 Å². The van der Waals surface area contributed by atoms with Crippen LogP contribution >= 0.6 is 0 Å². The molecule has 2 rings (SSSR count). The van der Waals surface area contributed by atoms with E-state index in [1.54, 1.807) is 0 Å². The largest absolute Gasteiger partial charge is 0.484 e. The van der Waals surface area contributed by atoms with E-state index in [0.717, 1.165) is 11.1 Å². The van der Waals surface area contributed by atoms with E-state index >= 15 is 0 Å². The van der Waals surface area contributed by atoms with Gasteiger partial charge in [0, 0.05) is 20.2 Å². The van der Waals surface area contributed by atoms with Crippen LogP contribution in [0.3, 0.4) is 0 Å². The lowest BCUT2D eigenvalue weighted by atomic mass is 9.88. The number of nitrogens with zero attached hydrogens (tertiary/aromatic N) is 1. The number of ether oxygens (including phenoxy) is 2. The summed E-state index contributed by atoms with van der Waals surface area (Å²) in [4.78, 5) is 25.3. The lowest BCUT2D eigenvalue weighted by Gasteiger charge is -2.23. The summed E-state index contributed by atoms with van der Waals surface area (Å²) in [5, 5.41) is 9.42. The molecular formula is C17H23NO5. The van der Waals surface area contributed by atoms with Crippen LogP contribution in [0.4, 0.5) is 0 Å².